The maximum absolute atomic E-state index is 5.36. The number of aromatic nitrogens is 3. The Balaban J connectivity index is 1.55. The number of rotatable bonds is 6. The molecule has 0 N–H and O–H groups in total. The lowest BCUT2D eigenvalue weighted by Gasteiger charge is -2.20. The molecule has 2 aromatic heterocycles. The molecule has 1 aliphatic carbocycles. The number of anilines is 1. The van der Waals surface area contributed by atoms with Crippen molar-refractivity contribution >= 4 is 5.82 Å². The van der Waals surface area contributed by atoms with E-state index in [2.05, 4.69) is 33.1 Å². The smallest absolute Gasteiger partial charge is 0.229 e. The van der Waals surface area contributed by atoms with Crippen molar-refractivity contribution in [1.82, 2.24) is 20.0 Å². The molecule has 0 aliphatic heterocycles. The standard InChI is InChI=1S/C16H23N5O/c1-20(2)15-8-7-12(9-17-15)10-21(3)11-14-18-16(22-19-14)13-5-4-6-13/h7-9,13H,4-6,10-11H2,1-3H3. The van der Waals surface area contributed by atoms with Crippen molar-refractivity contribution in [3.63, 3.8) is 0 Å². The van der Waals surface area contributed by atoms with Gasteiger partial charge in [0.15, 0.2) is 5.82 Å². The van der Waals surface area contributed by atoms with E-state index in [4.69, 9.17) is 4.52 Å². The molecule has 0 unspecified atom stereocenters. The number of hydrogen-bond acceptors (Lipinski definition) is 6. The maximum Gasteiger partial charge on any atom is 0.229 e. The molecular weight excluding hydrogens is 278 g/mol. The van der Waals surface area contributed by atoms with Crippen LogP contribution in [0.5, 0.6) is 0 Å². The van der Waals surface area contributed by atoms with E-state index >= 15 is 0 Å². The molecule has 6 heteroatoms. The number of hydrogen-bond donors (Lipinski definition) is 0. The summed E-state index contributed by atoms with van der Waals surface area (Å²) in [5.41, 5.74) is 1.18. The number of nitrogens with zero attached hydrogens (tertiary/aromatic N) is 5. The van der Waals surface area contributed by atoms with Crippen molar-refractivity contribution in [1.29, 1.82) is 0 Å². The van der Waals surface area contributed by atoms with E-state index in [1.807, 2.05) is 31.3 Å². The third-order valence-corrected chi connectivity index (χ3v) is 4.07. The fourth-order valence-corrected chi connectivity index (χ4v) is 2.54. The van der Waals surface area contributed by atoms with Crippen molar-refractivity contribution in [2.75, 3.05) is 26.0 Å². The van der Waals surface area contributed by atoms with Crippen molar-refractivity contribution in [2.45, 2.75) is 38.3 Å². The summed E-state index contributed by atoms with van der Waals surface area (Å²) in [5, 5.41) is 4.09. The van der Waals surface area contributed by atoms with Crippen molar-refractivity contribution in [3.8, 4) is 0 Å². The molecule has 1 saturated carbocycles. The third-order valence-electron chi connectivity index (χ3n) is 4.07. The second-order valence-electron chi connectivity index (χ2n) is 6.27. The molecule has 118 valence electrons. The summed E-state index contributed by atoms with van der Waals surface area (Å²) in [7, 11) is 6.04. The Kier molecular flexibility index (Phi) is 4.38. The Bertz CT molecular complexity index is 603. The van der Waals surface area contributed by atoms with E-state index in [0.717, 1.165) is 24.1 Å². The SMILES string of the molecule is CN(Cc1ccc(N(C)C)nc1)Cc1noc(C2CCC2)n1. The van der Waals surface area contributed by atoms with E-state index < -0.39 is 0 Å². The minimum Gasteiger partial charge on any atom is -0.363 e. The average molecular weight is 301 g/mol. The maximum atomic E-state index is 5.36. The van der Waals surface area contributed by atoms with Crippen LogP contribution in [0.2, 0.25) is 0 Å². The van der Waals surface area contributed by atoms with Crippen LogP contribution in [0.25, 0.3) is 0 Å². The lowest BCUT2D eigenvalue weighted by molar-refractivity contribution is 0.281. The van der Waals surface area contributed by atoms with Gasteiger partial charge in [-0.25, -0.2) is 4.98 Å². The molecule has 6 nitrogen and oxygen atoms in total. The predicted octanol–water partition coefficient (Wildman–Crippen LogP) is 2.43. The molecule has 22 heavy (non-hydrogen) atoms. The Morgan fingerprint density at radius 2 is 2.00 bits per heavy atom. The number of pyridine rings is 1. The van der Waals surface area contributed by atoms with Gasteiger partial charge in [-0.05, 0) is 31.5 Å². The molecule has 1 aliphatic rings. The topological polar surface area (TPSA) is 58.3 Å². The lowest BCUT2D eigenvalue weighted by Crippen LogP contribution is -2.18. The summed E-state index contributed by atoms with van der Waals surface area (Å²) in [6, 6.07) is 4.14. The van der Waals surface area contributed by atoms with Crippen LogP contribution in [-0.2, 0) is 13.1 Å². The van der Waals surface area contributed by atoms with Crippen LogP contribution in [-0.4, -0.2) is 41.2 Å². The second kappa shape index (κ2) is 6.44. The summed E-state index contributed by atoms with van der Waals surface area (Å²) in [4.78, 5) is 13.1. The molecule has 1 fully saturated rings. The minimum absolute atomic E-state index is 0.495. The summed E-state index contributed by atoms with van der Waals surface area (Å²) in [6.07, 6.45) is 5.56. The van der Waals surface area contributed by atoms with Crippen molar-refractivity contribution < 1.29 is 4.52 Å². The molecule has 2 aromatic rings. The van der Waals surface area contributed by atoms with E-state index in [1.54, 1.807) is 0 Å². The van der Waals surface area contributed by atoms with Gasteiger partial charge in [-0.2, -0.15) is 4.98 Å². The molecule has 2 heterocycles. The molecule has 0 bridgehead atoms. The fourth-order valence-electron chi connectivity index (χ4n) is 2.54. The highest BCUT2D eigenvalue weighted by Crippen LogP contribution is 2.35. The molecule has 0 radical (unpaired) electrons. The Hall–Kier alpha value is -1.95. The summed E-state index contributed by atoms with van der Waals surface area (Å²) < 4.78 is 5.36. The van der Waals surface area contributed by atoms with Crippen LogP contribution in [0.1, 0.15) is 42.5 Å². The molecular formula is C16H23N5O. The van der Waals surface area contributed by atoms with E-state index in [-0.39, 0.29) is 0 Å². The largest absolute Gasteiger partial charge is 0.363 e. The van der Waals surface area contributed by atoms with Gasteiger partial charge < -0.3 is 9.42 Å². The van der Waals surface area contributed by atoms with Gasteiger partial charge in [-0.3, -0.25) is 4.90 Å². The Morgan fingerprint density at radius 3 is 2.59 bits per heavy atom. The van der Waals surface area contributed by atoms with E-state index in [9.17, 15) is 0 Å². The Morgan fingerprint density at radius 1 is 1.18 bits per heavy atom. The van der Waals surface area contributed by atoms with Gasteiger partial charge in [-0.15, -0.1) is 0 Å². The van der Waals surface area contributed by atoms with E-state index in [0.29, 0.717) is 12.5 Å². The van der Waals surface area contributed by atoms with Crippen molar-refractivity contribution in [2.24, 2.45) is 0 Å². The molecule has 3 rings (SSSR count). The first-order valence-electron chi connectivity index (χ1n) is 7.75. The average Bonchev–Trinajstić information content (AvgIpc) is 2.85. The molecule has 0 atom stereocenters. The van der Waals surface area contributed by atoms with Gasteiger partial charge in [-0.1, -0.05) is 17.6 Å². The van der Waals surface area contributed by atoms with Crippen molar-refractivity contribution in [3.05, 3.63) is 35.6 Å². The monoisotopic (exact) mass is 301 g/mol. The van der Waals surface area contributed by atoms with Gasteiger partial charge in [0.2, 0.25) is 5.89 Å². The molecule has 0 spiro atoms. The Labute approximate surface area is 131 Å². The van der Waals surface area contributed by atoms with E-state index in [1.165, 1.54) is 24.8 Å². The van der Waals surface area contributed by atoms with Gasteiger partial charge in [0.1, 0.15) is 5.82 Å². The fraction of sp³-hybridized carbons (Fsp3) is 0.562. The summed E-state index contributed by atoms with van der Waals surface area (Å²) >= 11 is 0. The first kappa shape index (κ1) is 15.0. The minimum atomic E-state index is 0.495. The summed E-state index contributed by atoms with van der Waals surface area (Å²) in [6.45, 7) is 1.50. The molecule has 0 amide bonds. The van der Waals surface area contributed by atoms with Crippen LogP contribution in [0.15, 0.2) is 22.9 Å². The van der Waals surface area contributed by atoms with Gasteiger partial charge in [0.25, 0.3) is 0 Å². The second-order valence-corrected chi connectivity index (χ2v) is 6.27. The highest BCUT2D eigenvalue weighted by atomic mass is 16.5. The van der Waals surface area contributed by atoms with Gasteiger partial charge >= 0.3 is 0 Å². The van der Waals surface area contributed by atoms with Gasteiger partial charge in [0, 0.05) is 32.8 Å². The first-order valence-corrected chi connectivity index (χ1v) is 7.75. The highest BCUT2D eigenvalue weighted by molar-refractivity contribution is 5.37. The highest BCUT2D eigenvalue weighted by Gasteiger charge is 2.25. The zero-order valence-corrected chi connectivity index (χ0v) is 13.5. The lowest BCUT2D eigenvalue weighted by atomic mass is 9.85. The predicted molar refractivity (Wildman–Crippen MR) is 84.6 cm³/mol. The zero-order chi connectivity index (χ0) is 15.5. The zero-order valence-electron chi connectivity index (χ0n) is 13.5. The first-order chi connectivity index (χ1) is 10.6. The van der Waals surface area contributed by atoms with Crippen LogP contribution < -0.4 is 4.90 Å². The van der Waals surface area contributed by atoms with Crippen LogP contribution in [0.3, 0.4) is 0 Å². The molecule has 0 saturated heterocycles. The van der Waals surface area contributed by atoms with Crippen LogP contribution in [0, 0.1) is 0 Å². The third kappa shape index (κ3) is 3.44. The molecule has 0 aromatic carbocycles. The summed E-state index contributed by atoms with van der Waals surface area (Å²) in [5.74, 6) is 3.04. The normalized spacial score (nSPS) is 15.1. The van der Waals surface area contributed by atoms with Crippen LogP contribution >= 0.6 is 0 Å². The quantitative estimate of drug-likeness (QED) is 0.817. The van der Waals surface area contributed by atoms with Gasteiger partial charge in [0.05, 0.1) is 6.54 Å². The van der Waals surface area contributed by atoms with Crippen LogP contribution in [0.4, 0.5) is 5.82 Å².